The van der Waals surface area contributed by atoms with Crippen molar-refractivity contribution in [2.45, 2.75) is 13.3 Å². The van der Waals surface area contributed by atoms with Gasteiger partial charge in [-0.15, -0.1) is 0 Å². The fourth-order valence-electron chi connectivity index (χ4n) is 1.65. The van der Waals surface area contributed by atoms with Crippen LogP contribution >= 0.6 is 11.6 Å². The van der Waals surface area contributed by atoms with Gasteiger partial charge >= 0.3 is 5.97 Å². The lowest BCUT2D eigenvalue weighted by atomic mass is 10.2. The van der Waals surface area contributed by atoms with Crippen LogP contribution in [0.4, 0.5) is 5.69 Å². The second-order valence-electron chi connectivity index (χ2n) is 4.10. The summed E-state index contributed by atoms with van der Waals surface area (Å²) in [5.41, 5.74) is 8.94. The molecule has 0 saturated heterocycles. The Morgan fingerprint density at radius 1 is 1.39 bits per heavy atom. The number of allylic oxidation sites excluding steroid dienone is 3. The molecule has 94 valence electrons. The molecule has 3 N–H and O–H groups in total. The van der Waals surface area contributed by atoms with Crippen LogP contribution in [0, 0.1) is 0 Å². The molecule has 0 spiro atoms. The molecular formula is C13H13ClN2O2. The first kappa shape index (κ1) is 12.5. The van der Waals surface area contributed by atoms with E-state index in [1.807, 2.05) is 6.08 Å². The van der Waals surface area contributed by atoms with Gasteiger partial charge in [-0.3, -0.25) is 0 Å². The highest BCUT2D eigenvalue weighted by Gasteiger charge is 2.09. The molecule has 0 atom stereocenters. The van der Waals surface area contributed by atoms with E-state index in [9.17, 15) is 4.79 Å². The summed E-state index contributed by atoms with van der Waals surface area (Å²) in [5, 5.41) is 9.18. The maximum Gasteiger partial charge on any atom is 0.337 e. The third kappa shape index (κ3) is 2.84. The van der Waals surface area contributed by atoms with Gasteiger partial charge in [0.15, 0.2) is 0 Å². The van der Waals surface area contributed by atoms with E-state index in [1.54, 1.807) is 12.1 Å². The van der Waals surface area contributed by atoms with Crippen LogP contribution < -0.4 is 10.9 Å². The Morgan fingerprint density at radius 3 is 2.78 bits per heavy atom. The first-order valence-corrected chi connectivity index (χ1v) is 5.86. The lowest BCUT2D eigenvalue weighted by molar-refractivity contribution is 0.0697. The van der Waals surface area contributed by atoms with Crippen molar-refractivity contribution in [2.75, 3.05) is 5.43 Å². The molecule has 2 rings (SSSR count). The summed E-state index contributed by atoms with van der Waals surface area (Å²) in [4.78, 5) is 10.9. The molecule has 5 heteroatoms. The van der Waals surface area contributed by atoms with Crippen LogP contribution in [0.25, 0.3) is 0 Å². The number of nitrogens with one attached hydrogen (secondary N) is 2. The van der Waals surface area contributed by atoms with Crippen molar-refractivity contribution in [2.24, 2.45) is 0 Å². The molecule has 0 aliphatic heterocycles. The first-order valence-electron chi connectivity index (χ1n) is 5.48. The Hall–Kier alpha value is -1.94. The fraction of sp³-hybridized carbons (Fsp3) is 0.154. The summed E-state index contributed by atoms with van der Waals surface area (Å²) in [6, 6.07) is 4.76. The van der Waals surface area contributed by atoms with Crippen molar-refractivity contribution in [1.29, 1.82) is 0 Å². The number of anilines is 1. The van der Waals surface area contributed by atoms with Gasteiger partial charge in [0.25, 0.3) is 0 Å². The monoisotopic (exact) mass is 264 g/mol. The number of halogens is 1. The number of hydrazine groups is 1. The van der Waals surface area contributed by atoms with E-state index in [-0.39, 0.29) is 10.6 Å². The topological polar surface area (TPSA) is 61.4 Å². The molecule has 0 aromatic heterocycles. The number of carboxylic acid groups (broad SMARTS) is 1. The van der Waals surface area contributed by atoms with Crippen LogP contribution in [0.5, 0.6) is 0 Å². The molecule has 0 heterocycles. The van der Waals surface area contributed by atoms with E-state index in [0.717, 1.165) is 12.1 Å². The van der Waals surface area contributed by atoms with Crippen LogP contribution in [-0.4, -0.2) is 11.1 Å². The summed E-state index contributed by atoms with van der Waals surface area (Å²) in [7, 11) is 0. The third-order valence-corrected chi connectivity index (χ3v) is 2.92. The van der Waals surface area contributed by atoms with Crippen molar-refractivity contribution >= 4 is 23.3 Å². The Bertz CT molecular complexity index is 550. The number of hydrogen-bond acceptors (Lipinski definition) is 3. The minimum absolute atomic E-state index is 0.0793. The Balaban J connectivity index is 2.06. The fourth-order valence-corrected chi connectivity index (χ4v) is 1.85. The summed E-state index contributed by atoms with van der Waals surface area (Å²) in [6.45, 7) is 2.05. The molecule has 0 amide bonds. The number of hydrogen-bond donors (Lipinski definition) is 3. The summed E-state index contributed by atoms with van der Waals surface area (Å²) >= 11 is 5.79. The smallest absolute Gasteiger partial charge is 0.337 e. The van der Waals surface area contributed by atoms with E-state index >= 15 is 0 Å². The highest BCUT2D eigenvalue weighted by atomic mass is 35.5. The Morgan fingerprint density at radius 2 is 2.17 bits per heavy atom. The molecule has 1 aliphatic carbocycles. The Labute approximate surface area is 110 Å². The second kappa shape index (κ2) is 5.14. The number of benzene rings is 1. The van der Waals surface area contributed by atoms with Crippen LogP contribution in [-0.2, 0) is 0 Å². The highest BCUT2D eigenvalue weighted by Crippen LogP contribution is 2.21. The number of rotatable bonds is 4. The van der Waals surface area contributed by atoms with Crippen LogP contribution in [0.3, 0.4) is 0 Å². The van der Waals surface area contributed by atoms with Crippen molar-refractivity contribution in [3.8, 4) is 0 Å². The normalized spacial score (nSPS) is 13.9. The van der Waals surface area contributed by atoms with E-state index in [2.05, 4.69) is 23.9 Å². The zero-order chi connectivity index (χ0) is 13.1. The van der Waals surface area contributed by atoms with Gasteiger partial charge in [0.2, 0.25) is 0 Å². The van der Waals surface area contributed by atoms with Gasteiger partial charge in [-0.2, -0.15) is 0 Å². The van der Waals surface area contributed by atoms with Crippen LogP contribution in [0.2, 0.25) is 5.02 Å². The number of carboxylic acids is 1. The van der Waals surface area contributed by atoms with Crippen molar-refractivity contribution in [3.63, 3.8) is 0 Å². The number of aromatic carboxylic acids is 1. The maximum atomic E-state index is 10.9. The molecule has 0 fully saturated rings. The molecule has 1 aromatic rings. The average molecular weight is 265 g/mol. The summed E-state index contributed by atoms with van der Waals surface area (Å²) < 4.78 is 0. The molecule has 0 radical (unpaired) electrons. The molecule has 0 bridgehead atoms. The molecule has 0 saturated carbocycles. The standard InChI is InChI=1S/C13H13ClN2O2/c1-8-2-3-9(6-8)15-16-10-4-5-12(14)11(7-10)13(17)18/h3-7,15-16H,2H2,1H3,(H,17,18). The predicted octanol–water partition coefficient (Wildman–Crippen LogP) is 3.19. The summed E-state index contributed by atoms with van der Waals surface area (Å²) in [6.07, 6.45) is 5.02. The van der Waals surface area contributed by atoms with E-state index in [1.165, 1.54) is 11.6 Å². The molecule has 0 unspecified atom stereocenters. The molecular weight excluding hydrogens is 252 g/mol. The largest absolute Gasteiger partial charge is 0.478 e. The minimum atomic E-state index is -1.04. The molecule has 4 nitrogen and oxygen atoms in total. The van der Waals surface area contributed by atoms with Crippen LogP contribution in [0.15, 0.2) is 41.6 Å². The van der Waals surface area contributed by atoms with Gasteiger partial charge in [-0.25, -0.2) is 4.79 Å². The zero-order valence-corrected chi connectivity index (χ0v) is 10.6. The van der Waals surface area contributed by atoms with Gasteiger partial charge < -0.3 is 16.0 Å². The minimum Gasteiger partial charge on any atom is -0.478 e. The zero-order valence-electron chi connectivity index (χ0n) is 9.83. The van der Waals surface area contributed by atoms with E-state index in [0.29, 0.717) is 5.69 Å². The third-order valence-electron chi connectivity index (χ3n) is 2.59. The SMILES string of the molecule is CC1=CC(NNc2ccc(Cl)c(C(=O)O)c2)=CC1. The molecule has 18 heavy (non-hydrogen) atoms. The number of carbonyl (C=O) groups is 1. The van der Waals surface area contributed by atoms with Gasteiger partial charge in [0, 0.05) is 0 Å². The van der Waals surface area contributed by atoms with Crippen molar-refractivity contribution in [3.05, 3.63) is 52.2 Å². The average Bonchev–Trinajstić information content (AvgIpc) is 2.74. The van der Waals surface area contributed by atoms with Gasteiger partial charge in [-0.05, 0) is 37.6 Å². The van der Waals surface area contributed by atoms with Gasteiger partial charge in [0.1, 0.15) is 0 Å². The maximum absolute atomic E-state index is 10.9. The Kier molecular flexibility index (Phi) is 3.58. The van der Waals surface area contributed by atoms with Crippen LogP contribution in [0.1, 0.15) is 23.7 Å². The van der Waals surface area contributed by atoms with Crippen molar-refractivity contribution in [1.82, 2.24) is 5.43 Å². The van der Waals surface area contributed by atoms with E-state index in [4.69, 9.17) is 16.7 Å². The van der Waals surface area contributed by atoms with Gasteiger partial charge in [0.05, 0.1) is 22.0 Å². The van der Waals surface area contributed by atoms with E-state index < -0.39 is 5.97 Å². The highest BCUT2D eigenvalue weighted by molar-refractivity contribution is 6.33. The first-order chi connectivity index (χ1) is 8.56. The van der Waals surface area contributed by atoms with Gasteiger partial charge in [-0.1, -0.05) is 23.3 Å². The predicted molar refractivity (Wildman–Crippen MR) is 71.6 cm³/mol. The lowest BCUT2D eigenvalue weighted by Crippen LogP contribution is -2.19. The second-order valence-corrected chi connectivity index (χ2v) is 4.51. The van der Waals surface area contributed by atoms with Crippen molar-refractivity contribution < 1.29 is 9.90 Å². The lowest BCUT2D eigenvalue weighted by Gasteiger charge is -2.10. The molecule has 1 aromatic carbocycles. The molecule has 1 aliphatic rings. The quantitative estimate of drug-likeness (QED) is 0.731. The summed E-state index contributed by atoms with van der Waals surface area (Å²) in [5.74, 6) is -1.04.